The van der Waals surface area contributed by atoms with Crippen molar-refractivity contribution in [3.8, 4) is 0 Å². The number of benzene rings is 1. The van der Waals surface area contributed by atoms with E-state index in [-0.39, 0.29) is 5.78 Å². The van der Waals surface area contributed by atoms with Gasteiger partial charge in [-0.05, 0) is 37.0 Å². The lowest BCUT2D eigenvalue weighted by atomic mass is 10.0. The van der Waals surface area contributed by atoms with Gasteiger partial charge < -0.3 is 4.90 Å². The van der Waals surface area contributed by atoms with E-state index in [0.717, 1.165) is 30.4 Å². The third-order valence-corrected chi connectivity index (χ3v) is 3.71. The molecule has 0 radical (unpaired) electrons. The Morgan fingerprint density at radius 1 is 1.47 bits per heavy atom. The van der Waals surface area contributed by atoms with Gasteiger partial charge in [0.1, 0.15) is 5.78 Å². The van der Waals surface area contributed by atoms with Gasteiger partial charge in [-0.2, -0.15) is 0 Å². The molecule has 0 saturated carbocycles. The number of ketones is 1. The predicted molar refractivity (Wildman–Crippen MR) is 75.2 cm³/mol. The monoisotopic (exact) mass is 295 g/mol. The van der Waals surface area contributed by atoms with Crippen molar-refractivity contribution in [2.24, 2.45) is 0 Å². The Morgan fingerprint density at radius 3 is 3.00 bits per heavy atom. The van der Waals surface area contributed by atoms with Gasteiger partial charge in [0.05, 0.1) is 0 Å². The van der Waals surface area contributed by atoms with Gasteiger partial charge in [0.25, 0.3) is 0 Å². The van der Waals surface area contributed by atoms with E-state index in [2.05, 4.69) is 39.0 Å². The number of carbonyl (C=O) groups excluding carboxylic acids is 1. The highest BCUT2D eigenvalue weighted by Crippen LogP contribution is 2.29. The Kier molecular flexibility index (Phi) is 4.21. The van der Waals surface area contributed by atoms with E-state index >= 15 is 0 Å². The summed E-state index contributed by atoms with van der Waals surface area (Å²) in [6.07, 6.45) is 2.85. The number of Topliss-reactive ketones (excluding diaryl/α,β-unsaturated/α-hetero) is 1. The fourth-order valence-corrected chi connectivity index (χ4v) is 2.65. The van der Waals surface area contributed by atoms with Crippen LogP contribution in [-0.4, -0.2) is 24.2 Å². The van der Waals surface area contributed by atoms with Crippen molar-refractivity contribution in [1.29, 1.82) is 0 Å². The first-order chi connectivity index (χ1) is 8.20. The van der Waals surface area contributed by atoms with Crippen LogP contribution < -0.4 is 4.90 Å². The molecule has 0 fully saturated rings. The molecule has 0 N–H and O–H groups in total. The number of hydrogen-bond acceptors (Lipinski definition) is 2. The largest absolute Gasteiger partial charge is 0.371 e. The molecule has 1 aliphatic heterocycles. The number of carbonyl (C=O) groups is 1. The Hall–Kier alpha value is -0.830. The molecule has 1 aliphatic rings. The molecule has 0 spiro atoms. The maximum atomic E-state index is 11.1. The Bertz CT molecular complexity index is 417. The lowest BCUT2D eigenvalue weighted by Crippen LogP contribution is -2.21. The molecule has 0 bridgehead atoms. The molecule has 17 heavy (non-hydrogen) atoms. The highest BCUT2D eigenvalue weighted by Gasteiger charge is 2.18. The second-order valence-corrected chi connectivity index (χ2v) is 5.41. The van der Waals surface area contributed by atoms with Crippen LogP contribution in [0.15, 0.2) is 18.2 Å². The van der Waals surface area contributed by atoms with Gasteiger partial charge in [0, 0.05) is 30.5 Å². The minimum atomic E-state index is 0.235. The van der Waals surface area contributed by atoms with Crippen LogP contribution in [0.2, 0.25) is 0 Å². The number of anilines is 1. The number of rotatable bonds is 5. The Labute approximate surface area is 111 Å². The van der Waals surface area contributed by atoms with Crippen LogP contribution in [0.5, 0.6) is 0 Å². The average Bonchev–Trinajstić information content (AvgIpc) is 2.68. The first-order valence-electron chi connectivity index (χ1n) is 6.13. The molecule has 1 aromatic rings. The summed E-state index contributed by atoms with van der Waals surface area (Å²) in [6, 6.07) is 6.46. The SMILES string of the molecule is CC(=O)Cc1ccc2c(c1)CCN2CCCBr. The van der Waals surface area contributed by atoms with Gasteiger partial charge in [-0.15, -0.1) is 0 Å². The van der Waals surface area contributed by atoms with E-state index in [4.69, 9.17) is 0 Å². The van der Waals surface area contributed by atoms with Gasteiger partial charge in [0.15, 0.2) is 0 Å². The maximum Gasteiger partial charge on any atom is 0.134 e. The van der Waals surface area contributed by atoms with Crippen molar-refractivity contribution in [3.63, 3.8) is 0 Å². The predicted octanol–water partition coefficient (Wildman–Crippen LogP) is 2.97. The van der Waals surface area contributed by atoms with Crippen LogP contribution in [-0.2, 0) is 17.6 Å². The van der Waals surface area contributed by atoms with Crippen LogP contribution in [0, 0.1) is 0 Å². The highest BCUT2D eigenvalue weighted by atomic mass is 79.9. The van der Waals surface area contributed by atoms with Crippen LogP contribution in [0.25, 0.3) is 0 Å². The summed E-state index contributed by atoms with van der Waals surface area (Å²) in [4.78, 5) is 13.5. The first-order valence-corrected chi connectivity index (χ1v) is 7.25. The number of hydrogen-bond donors (Lipinski definition) is 0. The molecule has 2 rings (SSSR count). The quantitative estimate of drug-likeness (QED) is 0.779. The molecule has 0 unspecified atom stereocenters. The molecular formula is C14H18BrNO. The second-order valence-electron chi connectivity index (χ2n) is 4.62. The third kappa shape index (κ3) is 3.09. The van der Waals surface area contributed by atoms with Crippen molar-refractivity contribution < 1.29 is 4.79 Å². The maximum absolute atomic E-state index is 11.1. The minimum Gasteiger partial charge on any atom is -0.371 e. The molecule has 0 saturated heterocycles. The van der Waals surface area contributed by atoms with Crippen molar-refractivity contribution in [2.45, 2.75) is 26.2 Å². The van der Waals surface area contributed by atoms with E-state index in [1.165, 1.54) is 17.7 Å². The number of halogens is 1. The van der Waals surface area contributed by atoms with E-state index in [0.29, 0.717) is 6.42 Å². The Balaban J connectivity index is 2.11. The highest BCUT2D eigenvalue weighted by molar-refractivity contribution is 9.09. The lowest BCUT2D eigenvalue weighted by Gasteiger charge is -2.18. The van der Waals surface area contributed by atoms with Gasteiger partial charge in [-0.1, -0.05) is 28.1 Å². The van der Waals surface area contributed by atoms with Crippen LogP contribution in [0.1, 0.15) is 24.5 Å². The van der Waals surface area contributed by atoms with Gasteiger partial charge >= 0.3 is 0 Å². The standard InChI is InChI=1S/C14H18BrNO/c1-11(17)9-12-3-4-14-13(10-12)5-8-16(14)7-2-6-15/h3-4,10H,2,5-9H2,1H3. The van der Waals surface area contributed by atoms with E-state index < -0.39 is 0 Å². The van der Waals surface area contributed by atoms with Crippen LogP contribution in [0.3, 0.4) is 0 Å². The number of fused-ring (bicyclic) bond motifs is 1. The molecule has 0 amide bonds. The first kappa shape index (κ1) is 12.6. The summed E-state index contributed by atoms with van der Waals surface area (Å²) in [5.74, 6) is 0.235. The second kappa shape index (κ2) is 5.67. The smallest absolute Gasteiger partial charge is 0.134 e. The molecule has 1 heterocycles. The van der Waals surface area contributed by atoms with Crippen molar-refractivity contribution in [1.82, 2.24) is 0 Å². The normalized spacial score (nSPS) is 13.9. The topological polar surface area (TPSA) is 20.3 Å². The van der Waals surface area contributed by atoms with E-state index in [1.54, 1.807) is 6.92 Å². The molecule has 0 atom stereocenters. The van der Waals surface area contributed by atoms with Crippen LogP contribution in [0.4, 0.5) is 5.69 Å². The summed E-state index contributed by atoms with van der Waals surface area (Å²) in [7, 11) is 0. The molecule has 1 aromatic carbocycles. The van der Waals surface area contributed by atoms with Crippen molar-refractivity contribution >= 4 is 27.4 Å². The zero-order valence-electron chi connectivity index (χ0n) is 10.2. The average molecular weight is 296 g/mol. The molecule has 0 aliphatic carbocycles. The summed E-state index contributed by atoms with van der Waals surface area (Å²) < 4.78 is 0. The minimum absolute atomic E-state index is 0.235. The molecule has 3 heteroatoms. The van der Waals surface area contributed by atoms with Crippen molar-refractivity contribution in [3.05, 3.63) is 29.3 Å². The Morgan fingerprint density at radius 2 is 2.29 bits per heavy atom. The summed E-state index contributed by atoms with van der Waals surface area (Å²) in [6.45, 7) is 3.88. The van der Waals surface area contributed by atoms with E-state index in [1.807, 2.05) is 0 Å². The zero-order valence-corrected chi connectivity index (χ0v) is 11.8. The van der Waals surface area contributed by atoms with E-state index in [9.17, 15) is 4.79 Å². The number of alkyl halides is 1. The molecule has 92 valence electrons. The van der Waals surface area contributed by atoms with Gasteiger partial charge in [-0.25, -0.2) is 0 Å². The fraction of sp³-hybridized carbons (Fsp3) is 0.500. The van der Waals surface area contributed by atoms with Gasteiger partial charge in [0.2, 0.25) is 0 Å². The zero-order chi connectivity index (χ0) is 12.3. The molecule has 0 aromatic heterocycles. The van der Waals surface area contributed by atoms with Crippen LogP contribution >= 0.6 is 15.9 Å². The summed E-state index contributed by atoms with van der Waals surface area (Å²) >= 11 is 3.47. The number of nitrogens with zero attached hydrogens (tertiary/aromatic N) is 1. The fourth-order valence-electron chi connectivity index (χ4n) is 2.40. The summed E-state index contributed by atoms with van der Waals surface area (Å²) in [5.41, 5.74) is 3.91. The third-order valence-electron chi connectivity index (χ3n) is 3.15. The summed E-state index contributed by atoms with van der Waals surface area (Å²) in [5, 5.41) is 1.06. The molecular weight excluding hydrogens is 278 g/mol. The van der Waals surface area contributed by atoms with Crippen molar-refractivity contribution in [2.75, 3.05) is 23.3 Å². The lowest BCUT2D eigenvalue weighted by molar-refractivity contribution is -0.116. The molecule has 2 nitrogen and oxygen atoms in total. The van der Waals surface area contributed by atoms with Gasteiger partial charge in [-0.3, -0.25) is 4.79 Å².